The molecule has 1 nitrogen and oxygen atoms in total. The average Bonchev–Trinajstić information content (AvgIpc) is 2.48. The Labute approximate surface area is 71.3 Å². The van der Waals surface area contributed by atoms with E-state index in [2.05, 4.69) is 25.1 Å². The van der Waals surface area contributed by atoms with E-state index in [1.54, 1.807) is 0 Å². The molecule has 0 amide bonds. The third-order valence-corrected chi connectivity index (χ3v) is 2.84. The maximum Gasteiger partial charge on any atom is 0.0625 e. The lowest BCUT2D eigenvalue weighted by molar-refractivity contribution is 1.04. The first-order valence-corrected chi connectivity index (χ1v) is 4.63. The molecule has 11 heavy (non-hydrogen) atoms. The van der Waals surface area contributed by atoms with Crippen molar-refractivity contribution < 1.29 is 0 Å². The fourth-order valence-electron chi connectivity index (χ4n) is 0.926. The van der Waals surface area contributed by atoms with Gasteiger partial charge in [-0.15, -0.1) is 11.3 Å². The van der Waals surface area contributed by atoms with Crippen LogP contribution in [0.1, 0.15) is 23.1 Å². The van der Waals surface area contributed by atoms with Crippen molar-refractivity contribution in [2.24, 2.45) is 0 Å². The summed E-state index contributed by atoms with van der Waals surface area (Å²) in [6.07, 6.45) is 2.67. The first-order valence-electron chi connectivity index (χ1n) is 3.81. The van der Waals surface area contributed by atoms with Crippen molar-refractivity contribution >= 4 is 11.3 Å². The largest absolute Gasteiger partial charge is 0.198 e. The summed E-state index contributed by atoms with van der Waals surface area (Å²) in [5.74, 6) is 0. The van der Waals surface area contributed by atoms with Gasteiger partial charge in [-0.1, -0.05) is 6.92 Å². The summed E-state index contributed by atoms with van der Waals surface area (Å²) in [5.41, 5.74) is 0. The second-order valence-electron chi connectivity index (χ2n) is 2.38. The van der Waals surface area contributed by atoms with Gasteiger partial charge >= 0.3 is 0 Å². The number of hydrogen-bond acceptors (Lipinski definition) is 2. The van der Waals surface area contributed by atoms with E-state index in [0.29, 0.717) is 6.42 Å². The SMILES string of the molecule is CCc1ccc(CCC#N)s1. The zero-order valence-corrected chi connectivity index (χ0v) is 7.45. The Morgan fingerprint density at radius 3 is 2.73 bits per heavy atom. The second-order valence-corrected chi connectivity index (χ2v) is 3.63. The highest BCUT2D eigenvalue weighted by molar-refractivity contribution is 7.11. The Morgan fingerprint density at radius 1 is 1.45 bits per heavy atom. The number of rotatable bonds is 3. The van der Waals surface area contributed by atoms with Crippen LogP contribution in [0.25, 0.3) is 0 Å². The minimum Gasteiger partial charge on any atom is -0.198 e. The number of aryl methyl sites for hydroxylation is 2. The molecule has 0 N–H and O–H groups in total. The molecule has 0 aliphatic carbocycles. The van der Waals surface area contributed by atoms with Gasteiger partial charge in [0.15, 0.2) is 0 Å². The molecule has 0 saturated heterocycles. The molecular formula is C9H11NS. The number of hydrogen-bond donors (Lipinski definition) is 0. The molecule has 58 valence electrons. The average molecular weight is 165 g/mol. The Balaban J connectivity index is 2.53. The molecule has 0 spiro atoms. The van der Waals surface area contributed by atoms with E-state index in [9.17, 15) is 0 Å². The molecular weight excluding hydrogens is 154 g/mol. The first kappa shape index (κ1) is 8.29. The van der Waals surface area contributed by atoms with Crippen LogP contribution in [0.5, 0.6) is 0 Å². The van der Waals surface area contributed by atoms with Crippen molar-refractivity contribution in [2.75, 3.05) is 0 Å². The van der Waals surface area contributed by atoms with E-state index in [-0.39, 0.29) is 0 Å². The lowest BCUT2D eigenvalue weighted by Crippen LogP contribution is -1.74. The molecule has 0 aliphatic rings. The minimum absolute atomic E-state index is 0.643. The minimum atomic E-state index is 0.643. The molecule has 1 aromatic heterocycles. The molecule has 1 aromatic rings. The molecule has 0 bridgehead atoms. The standard InChI is InChI=1S/C9H11NS/c1-2-8-5-6-9(11-8)4-3-7-10/h5-6H,2-4H2,1H3. The Hall–Kier alpha value is -0.810. The van der Waals surface area contributed by atoms with Crippen LogP contribution < -0.4 is 0 Å². The van der Waals surface area contributed by atoms with Gasteiger partial charge < -0.3 is 0 Å². The maximum absolute atomic E-state index is 8.35. The molecule has 0 aromatic carbocycles. The van der Waals surface area contributed by atoms with Crippen molar-refractivity contribution in [2.45, 2.75) is 26.2 Å². The normalized spacial score (nSPS) is 9.45. The molecule has 0 fully saturated rings. The van der Waals surface area contributed by atoms with Gasteiger partial charge in [0, 0.05) is 16.2 Å². The molecule has 0 saturated carbocycles. The van der Waals surface area contributed by atoms with Crippen molar-refractivity contribution in [1.82, 2.24) is 0 Å². The van der Waals surface area contributed by atoms with Crippen molar-refractivity contribution in [1.29, 1.82) is 5.26 Å². The molecule has 0 radical (unpaired) electrons. The molecule has 0 unspecified atom stereocenters. The van der Waals surface area contributed by atoms with Gasteiger partial charge in [0.05, 0.1) is 6.07 Å². The summed E-state index contributed by atoms with van der Waals surface area (Å²) in [4.78, 5) is 2.75. The van der Waals surface area contributed by atoms with Gasteiger partial charge in [-0.25, -0.2) is 0 Å². The van der Waals surface area contributed by atoms with Crippen LogP contribution in [0, 0.1) is 11.3 Å². The summed E-state index contributed by atoms with van der Waals surface area (Å²) in [6.45, 7) is 2.15. The highest BCUT2D eigenvalue weighted by Crippen LogP contribution is 2.17. The monoisotopic (exact) mass is 165 g/mol. The maximum atomic E-state index is 8.35. The summed E-state index contributed by atoms with van der Waals surface area (Å²) >= 11 is 1.82. The van der Waals surface area contributed by atoms with E-state index in [1.807, 2.05) is 11.3 Å². The van der Waals surface area contributed by atoms with E-state index in [0.717, 1.165) is 12.8 Å². The molecule has 2 heteroatoms. The third kappa shape index (κ3) is 2.36. The highest BCUT2D eigenvalue weighted by Gasteiger charge is 1.96. The van der Waals surface area contributed by atoms with Crippen LogP contribution in [0.2, 0.25) is 0 Å². The Kier molecular flexibility index (Phi) is 3.13. The predicted octanol–water partition coefficient (Wildman–Crippen LogP) is 2.77. The number of nitrogens with zero attached hydrogens (tertiary/aromatic N) is 1. The van der Waals surface area contributed by atoms with Crippen molar-refractivity contribution in [3.05, 3.63) is 21.9 Å². The smallest absolute Gasteiger partial charge is 0.0625 e. The molecule has 1 rings (SSSR count). The fraction of sp³-hybridized carbons (Fsp3) is 0.444. The van der Waals surface area contributed by atoms with Crippen molar-refractivity contribution in [3.8, 4) is 6.07 Å². The predicted molar refractivity (Wildman–Crippen MR) is 47.6 cm³/mol. The van der Waals surface area contributed by atoms with Gasteiger partial charge in [0.2, 0.25) is 0 Å². The zero-order valence-electron chi connectivity index (χ0n) is 6.63. The zero-order chi connectivity index (χ0) is 8.10. The highest BCUT2D eigenvalue weighted by atomic mass is 32.1. The van der Waals surface area contributed by atoms with Gasteiger partial charge in [-0.05, 0) is 25.0 Å². The molecule has 0 aliphatic heterocycles. The Bertz CT molecular complexity index is 257. The second kappa shape index (κ2) is 4.15. The quantitative estimate of drug-likeness (QED) is 0.675. The van der Waals surface area contributed by atoms with Gasteiger partial charge in [0.1, 0.15) is 0 Å². The molecule has 0 atom stereocenters. The van der Waals surface area contributed by atoms with Crippen LogP contribution >= 0.6 is 11.3 Å². The third-order valence-electron chi connectivity index (χ3n) is 1.55. The lowest BCUT2D eigenvalue weighted by Gasteiger charge is -1.87. The van der Waals surface area contributed by atoms with Crippen LogP contribution in [0.15, 0.2) is 12.1 Å². The topological polar surface area (TPSA) is 23.8 Å². The van der Waals surface area contributed by atoms with E-state index >= 15 is 0 Å². The van der Waals surface area contributed by atoms with Crippen molar-refractivity contribution in [3.63, 3.8) is 0 Å². The molecule has 1 heterocycles. The van der Waals surface area contributed by atoms with Crippen LogP contribution in [0.4, 0.5) is 0 Å². The van der Waals surface area contributed by atoms with Gasteiger partial charge in [0.25, 0.3) is 0 Å². The van der Waals surface area contributed by atoms with E-state index < -0.39 is 0 Å². The number of thiophene rings is 1. The summed E-state index contributed by atoms with van der Waals surface area (Å²) in [7, 11) is 0. The Morgan fingerprint density at radius 2 is 2.18 bits per heavy atom. The van der Waals surface area contributed by atoms with Gasteiger partial charge in [-0.3, -0.25) is 0 Å². The first-order chi connectivity index (χ1) is 5.36. The van der Waals surface area contributed by atoms with Crippen LogP contribution in [-0.4, -0.2) is 0 Å². The van der Waals surface area contributed by atoms with Gasteiger partial charge in [-0.2, -0.15) is 5.26 Å². The lowest BCUT2D eigenvalue weighted by atomic mass is 10.3. The summed E-state index contributed by atoms with van der Waals surface area (Å²) in [5, 5.41) is 8.35. The fourth-order valence-corrected chi connectivity index (χ4v) is 1.88. The summed E-state index contributed by atoms with van der Waals surface area (Å²) < 4.78 is 0. The van der Waals surface area contributed by atoms with E-state index in [1.165, 1.54) is 9.75 Å². The van der Waals surface area contributed by atoms with E-state index in [4.69, 9.17) is 5.26 Å². The van der Waals surface area contributed by atoms with Crippen LogP contribution in [-0.2, 0) is 12.8 Å². The summed E-state index contributed by atoms with van der Waals surface area (Å²) in [6, 6.07) is 6.43. The number of nitriles is 1. The van der Waals surface area contributed by atoms with Crippen LogP contribution in [0.3, 0.4) is 0 Å².